The van der Waals surface area contributed by atoms with Gasteiger partial charge >= 0.3 is 11.9 Å². The van der Waals surface area contributed by atoms with E-state index in [0.717, 1.165) is 20.0 Å². The van der Waals surface area contributed by atoms with Crippen molar-refractivity contribution >= 4 is 22.1 Å². The molecule has 0 aliphatic rings. The van der Waals surface area contributed by atoms with Crippen LogP contribution < -0.4 is 0 Å². The van der Waals surface area contributed by atoms with Crippen LogP contribution in [0, 0.1) is 0 Å². The monoisotopic (exact) mass is 324 g/mol. The van der Waals surface area contributed by atoms with Crippen molar-refractivity contribution in [2.24, 2.45) is 0 Å². The van der Waals surface area contributed by atoms with E-state index in [2.05, 4.69) is 4.18 Å². The number of unbranched alkanes of at least 4 members (excludes halogenated alkanes) is 2. The Morgan fingerprint density at radius 1 is 1.00 bits per heavy atom. The van der Waals surface area contributed by atoms with Crippen molar-refractivity contribution in [2.45, 2.75) is 51.2 Å². The molecule has 1 unspecified atom stereocenters. The van der Waals surface area contributed by atoms with Gasteiger partial charge in [0.05, 0.1) is 26.7 Å². The van der Waals surface area contributed by atoms with Crippen molar-refractivity contribution in [3.05, 3.63) is 0 Å². The molecule has 0 aromatic rings. The van der Waals surface area contributed by atoms with Crippen molar-refractivity contribution in [3.63, 3.8) is 0 Å². The van der Waals surface area contributed by atoms with Gasteiger partial charge in [-0.25, -0.2) is 0 Å². The summed E-state index contributed by atoms with van der Waals surface area (Å²) in [5, 5.41) is -1.69. The van der Waals surface area contributed by atoms with Crippen molar-refractivity contribution in [3.8, 4) is 0 Å². The van der Waals surface area contributed by atoms with E-state index in [1.165, 1.54) is 0 Å². The lowest BCUT2D eigenvalue weighted by molar-refractivity contribution is -0.150. The third-order valence-electron chi connectivity index (χ3n) is 2.70. The third-order valence-corrected chi connectivity index (χ3v) is 4.22. The molecule has 21 heavy (non-hydrogen) atoms. The van der Waals surface area contributed by atoms with Crippen LogP contribution in [0.1, 0.15) is 46.0 Å². The lowest BCUT2D eigenvalue weighted by Crippen LogP contribution is -2.35. The molecule has 0 fully saturated rings. The molecule has 0 saturated heterocycles. The minimum absolute atomic E-state index is 0.107. The van der Waals surface area contributed by atoms with Gasteiger partial charge in [0.1, 0.15) is 0 Å². The summed E-state index contributed by atoms with van der Waals surface area (Å²) in [6.45, 7) is 4.13. The maximum Gasteiger partial charge on any atom is 0.327 e. The van der Waals surface area contributed by atoms with Crippen LogP contribution in [0.2, 0.25) is 0 Å². The van der Waals surface area contributed by atoms with Crippen LogP contribution in [0.3, 0.4) is 0 Å². The summed E-state index contributed by atoms with van der Waals surface area (Å²) in [5.41, 5.74) is 0. The molecule has 7 nitrogen and oxygen atoms in total. The first kappa shape index (κ1) is 19.9. The quantitative estimate of drug-likeness (QED) is 0.322. The third kappa shape index (κ3) is 8.01. The maximum atomic E-state index is 11.8. The molecular formula is C13H24O7S. The lowest BCUT2D eigenvalue weighted by Gasteiger charge is -2.14. The highest BCUT2D eigenvalue weighted by atomic mass is 32.2. The number of rotatable bonds is 11. The van der Waals surface area contributed by atoms with E-state index in [1.807, 2.05) is 13.8 Å². The predicted molar refractivity (Wildman–Crippen MR) is 76.1 cm³/mol. The average Bonchev–Trinajstić information content (AvgIpc) is 2.45. The first-order chi connectivity index (χ1) is 9.88. The number of esters is 2. The first-order valence-electron chi connectivity index (χ1n) is 7.00. The molecule has 1 atom stereocenters. The largest absolute Gasteiger partial charge is 0.466 e. The Labute approximate surface area is 126 Å². The number of hydrogen-bond donors (Lipinski definition) is 0. The Bertz CT molecular complexity index is 416. The van der Waals surface area contributed by atoms with E-state index in [1.54, 1.807) is 0 Å². The van der Waals surface area contributed by atoms with Gasteiger partial charge in [0.25, 0.3) is 10.1 Å². The Morgan fingerprint density at radius 3 is 2.00 bits per heavy atom. The fourth-order valence-electron chi connectivity index (χ4n) is 1.37. The zero-order valence-electron chi connectivity index (χ0n) is 12.8. The first-order valence-corrected chi connectivity index (χ1v) is 8.47. The molecule has 0 radical (unpaired) electrons. The van der Waals surface area contributed by atoms with E-state index in [-0.39, 0.29) is 13.2 Å². The summed E-state index contributed by atoms with van der Waals surface area (Å²) in [6.07, 6.45) is 2.33. The van der Waals surface area contributed by atoms with Crippen molar-refractivity contribution in [1.82, 2.24) is 0 Å². The van der Waals surface area contributed by atoms with Gasteiger partial charge in [-0.15, -0.1) is 0 Å². The van der Waals surface area contributed by atoms with E-state index in [9.17, 15) is 18.0 Å². The maximum absolute atomic E-state index is 11.8. The summed E-state index contributed by atoms with van der Waals surface area (Å²) < 4.78 is 37.4. The normalized spacial score (nSPS) is 12.7. The van der Waals surface area contributed by atoms with Crippen LogP contribution >= 0.6 is 0 Å². The van der Waals surface area contributed by atoms with E-state index in [0.29, 0.717) is 12.8 Å². The highest BCUT2D eigenvalue weighted by Crippen LogP contribution is 2.12. The molecule has 0 amide bonds. The van der Waals surface area contributed by atoms with Gasteiger partial charge in [-0.05, 0) is 12.8 Å². The van der Waals surface area contributed by atoms with Crippen molar-refractivity contribution in [2.75, 3.05) is 20.3 Å². The van der Waals surface area contributed by atoms with Gasteiger partial charge < -0.3 is 9.47 Å². The van der Waals surface area contributed by atoms with Crippen LogP contribution in [0.25, 0.3) is 0 Å². The van der Waals surface area contributed by atoms with Gasteiger partial charge in [-0.1, -0.05) is 26.7 Å². The van der Waals surface area contributed by atoms with Crippen LogP contribution in [0.5, 0.6) is 0 Å². The second-order valence-electron chi connectivity index (χ2n) is 4.45. The van der Waals surface area contributed by atoms with Crippen LogP contribution in [0.15, 0.2) is 0 Å². The average molecular weight is 324 g/mol. The van der Waals surface area contributed by atoms with E-state index >= 15 is 0 Å². The second-order valence-corrected chi connectivity index (χ2v) is 6.34. The molecule has 0 aromatic carbocycles. The molecule has 124 valence electrons. The minimum Gasteiger partial charge on any atom is -0.466 e. The van der Waals surface area contributed by atoms with E-state index in [4.69, 9.17) is 9.47 Å². The van der Waals surface area contributed by atoms with Crippen LogP contribution in [-0.4, -0.2) is 45.9 Å². The molecule has 8 heteroatoms. The van der Waals surface area contributed by atoms with Gasteiger partial charge in [0.15, 0.2) is 5.25 Å². The molecule has 0 aliphatic carbocycles. The minimum atomic E-state index is -4.20. The number of hydrogen-bond acceptors (Lipinski definition) is 7. The molecule has 0 saturated carbocycles. The predicted octanol–water partition coefficient (Wildman–Crippen LogP) is 1.41. The summed E-state index contributed by atoms with van der Waals surface area (Å²) >= 11 is 0. The fourth-order valence-corrected chi connectivity index (χ4v) is 2.25. The highest BCUT2D eigenvalue weighted by Gasteiger charge is 2.37. The summed E-state index contributed by atoms with van der Waals surface area (Å²) in [5.74, 6) is -1.75. The molecule has 0 bridgehead atoms. The standard InChI is InChI=1S/C13H24O7S/c1-4-6-8-19-12(14)10-11(21(16,17)18-3)13(15)20-9-7-5-2/h11H,4-10H2,1-3H3. The molecule has 0 aromatic heterocycles. The summed E-state index contributed by atoms with van der Waals surface area (Å²) in [6, 6.07) is 0. The van der Waals surface area contributed by atoms with Crippen molar-refractivity contribution < 1.29 is 31.7 Å². The molecule has 0 N–H and O–H groups in total. The Morgan fingerprint density at radius 2 is 1.52 bits per heavy atom. The molecule has 0 rings (SSSR count). The SMILES string of the molecule is CCCCOC(=O)CC(C(=O)OCCCC)S(=O)(=O)OC. The van der Waals surface area contributed by atoms with Crippen molar-refractivity contribution in [1.29, 1.82) is 0 Å². The summed E-state index contributed by atoms with van der Waals surface area (Å²) in [7, 11) is -3.26. The smallest absolute Gasteiger partial charge is 0.327 e. The van der Waals surface area contributed by atoms with Gasteiger partial charge in [0, 0.05) is 0 Å². The number of ether oxygens (including phenoxy) is 2. The molecule has 0 spiro atoms. The Kier molecular flexibility index (Phi) is 9.98. The second kappa shape index (κ2) is 10.6. The highest BCUT2D eigenvalue weighted by molar-refractivity contribution is 7.88. The number of carbonyl (C=O) groups is 2. The van der Waals surface area contributed by atoms with E-state index < -0.39 is 33.7 Å². The lowest BCUT2D eigenvalue weighted by atomic mass is 10.3. The van der Waals surface area contributed by atoms with Gasteiger partial charge in [-0.3, -0.25) is 13.8 Å². The zero-order chi connectivity index (χ0) is 16.3. The molecular weight excluding hydrogens is 300 g/mol. The Hall–Kier alpha value is -1.15. The summed E-state index contributed by atoms with van der Waals surface area (Å²) in [4.78, 5) is 23.4. The topological polar surface area (TPSA) is 96.0 Å². The number of carbonyl (C=O) groups excluding carboxylic acids is 2. The van der Waals surface area contributed by atoms with Crippen LogP contribution in [0.4, 0.5) is 0 Å². The van der Waals surface area contributed by atoms with Gasteiger partial charge in [-0.2, -0.15) is 8.42 Å². The fraction of sp³-hybridized carbons (Fsp3) is 0.846. The Balaban J connectivity index is 4.68. The zero-order valence-corrected chi connectivity index (χ0v) is 13.6. The molecule has 0 aliphatic heterocycles. The van der Waals surface area contributed by atoms with Crippen LogP contribution in [-0.2, 0) is 33.4 Å². The van der Waals surface area contributed by atoms with Gasteiger partial charge in [0.2, 0.25) is 0 Å². The molecule has 0 heterocycles.